The zero-order valence-corrected chi connectivity index (χ0v) is 9.66. The van der Waals surface area contributed by atoms with Gasteiger partial charge in [-0.05, 0) is 6.42 Å². The molecule has 1 saturated heterocycles. The van der Waals surface area contributed by atoms with Gasteiger partial charge >= 0.3 is 0 Å². The molecule has 0 spiro atoms. The quantitative estimate of drug-likeness (QED) is 0.662. The van der Waals surface area contributed by atoms with Crippen LogP contribution in [0, 0.1) is 0 Å². The summed E-state index contributed by atoms with van der Waals surface area (Å²) >= 11 is 0. The summed E-state index contributed by atoms with van der Waals surface area (Å²) in [6.07, 6.45) is 2.27. The van der Waals surface area contributed by atoms with Gasteiger partial charge in [0.15, 0.2) is 0 Å². The Morgan fingerprint density at radius 2 is 2.07 bits per heavy atom. The van der Waals surface area contributed by atoms with Gasteiger partial charge in [0.05, 0.1) is 12.9 Å². The van der Waals surface area contributed by atoms with E-state index in [0.717, 1.165) is 13.0 Å². The van der Waals surface area contributed by atoms with Crippen molar-refractivity contribution in [2.45, 2.75) is 12.8 Å². The molecule has 88 valence electrons. The summed E-state index contributed by atoms with van der Waals surface area (Å²) in [4.78, 5) is 12.5. The molecule has 2 N–H and O–H groups in total. The molecule has 7 heteroatoms. The van der Waals surface area contributed by atoms with Crippen molar-refractivity contribution in [1.82, 2.24) is 9.21 Å². The third-order valence-electron chi connectivity index (χ3n) is 2.38. The van der Waals surface area contributed by atoms with Crippen molar-refractivity contribution < 1.29 is 13.2 Å². The number of nitrogens with zero attached hydrogens (tertiary/aromatic N) is 2. The van der Waals surface area contributed by atoms with E-state index < -0.39 is 10.0 Å². The zero-order chi connectivity index (χ0) is 11.5. The smallest absolute Gasteiger partial charge is 0.218 e. The first-order chi connectivity index (χ1) is 6.89. The molecule has 1 amide bonds. The Kier molecular flexibility index (Phi) is 4.06. The average Bonchev–Trinajstić information content (AvgIpc) is 2.14. The Hall–Kier alpha value is -0.660. The number of sulfonamides is 1. The molecule has 15 heavy (non-hydrogen) atoms. The van der Waals surface area contributed by atoms with Crippen LogP contribution in [0.2, 0.25) is 0 Å². The van der Waals surface area contributed by atoms with Crippen LogP contribution < -0.4 is 5.73 Å². The van der Waals surface area contributed by atoms with E-state index in [0.29, 0.717) is 19.8 Å². The molecule has 0 aromatic rings. The van der Waals surface area contributed by atoms with Gasteiger partial charge in [-0.15, -0.1) is 0 Å². The molecule has 1 aliphatic rings. The van der Waals surface area contributed by atoms with E-state index in [-0.39, 0.29) is 12.3 Å². The second-order valence-electron chi connectivity index (χ2n) is 3.77. The van der Waals surface area contributed by atoms with Gasteiger partial charge in [-0.25, -0.2) is 8.42 Å². The van der Waals surface area contributed by atoms with Gasteiger partial charge in [-0.1, -0.05) is 0 Å². The normalized spacial score (nSPS) is 20.3. The highest BCUT2D eigenvalue weighted by molar-refractivity contribution is 7.88. The summed E-state index contributed by atoms with van der Waals surface area (Å²) in [5.74, 6) is -0.355. The number of hydrogen-bond donors (Lipinski definition) is 1. The summed E-state index contributed by atoms with van der Waals surface area (Å²) in [6.45, 7) is 2.28. The van der Waals surface area contributed by atoms with E-state index in [2.05, 4.69) is 0 Å². The fraction of sp³-hybridized carbons (Fsp3) is 0.875. The van der Waals surface area contributed by atoms with Gasteiger partial charge in [0.1, 0.15) is 0 Å². The second-order valence-corrected chi connectivity index (χ2v) is 5.75. The summed E-state index contributed by atoms with van der Waals surface area (Å²) in [5, 5.41) is 0. The number of carbonyl (C=O) groups excluding carboxylic acids is 1. The van der Waals surface area contributed by atoms with Crippen LogP contribution in [0.25, 0.3) is 0 Å². The van der Waals surface area contributed by atoms with E-state index in [9.17, 15) is 13.2 Å². The SMILES string of the molecule is CS(=O)(=O)N1CCCN(CCC(N)=O)C1. The van der Waals surface area contributed by atoms with Crippen LogP contribution in [0.5, 0.6) is 0 Å². The van der Waals surface area contributed by atoms with Crippen molar-refractivity contribution in [3.63, 3.8) is 0 Å². The summed E-state index contributed by atoms with van der Waals surface area (Å²) in [6, 6.07) is 0. The lowest BCUT2D eigenvalue weighted by Crippen LogP contribution is -2.47. The highest BCUT2D eigenvalue weighted by Gasteiger charge is 2.23. The van der Waals surface area contributed by atoms with Crippen LogP contribution in [0.3, 0.4) is 0 Å². The number of hydrogen-bond acceptors (Lipinski definition) is 4. The highest BCUT2D eigenvalue weighted by atomic mass is 32.2. The molecule has 0 bridgehead atoms. The summed E-state index contributed by atoms with van der Waals surface area (Å²) in [7, 11) is -3.12. The number of primary amides is 1. The molecule has 0 aliphatic carbocycles. The fourth-order valence-corrected chi connectivity index (χ4v) is 2.39. The Bertz CT molecular complexity index is 328. The largest absolute Gasteiger partial charge is 0.370 e. The Balaban J connectivity index is 2.46. The second kappa shape index (κ2) is 4.91. The number of carbonyl (C=O) groups is 1. The van der Waals surface area contributed by atoms with Crippen LogP contribution in [0.15, 0.2) is 0 Å². The van der Waals surface area contributed by atoms with E-state index in [4.69, 9.17) is 5.73 Å². The van der Waals surface area contributed by atoms with Crippen molar-refractivity contribution in [2.24, 2.45) is 5.73 Å². The van der Waals surface area contributed by atoms with Crippen LogP contribution >= 0.6 is 0 Å². The minimum absolute atomic E-state index is 0.275. The summed E-state index contributed by atoms with van der Waals surface area (Å²) < 4.78 is 24.0. The molecule has 1 rings (SSSR count). The monoisotopic (exact) mass is 235 g/mol. The van der Waals surface area contributed by atoms with Gasteiger partial charge in [0.25, 0.3) is 0 Å². The lowest BCUT2D eigenvalue weighted by atomic mass is 10.3. The minimum Gasteiger partial charge on any atom is -0.370 e. The van der Waals surface area contributed by atoms with Crippen LogP contribution in [-0.2, 0) is 14.8 Å². The molecule has 0 unspecified atom stereocenters. The topological polar surface area (TPSA) is 83.7 Å². The lowest BCUT2D eigenvalue weighted by molar-refractivity contribution is -0.118. The van der Waals surface area contributed by atoms with E-state index in [1.54, 1.807) is 0 Å². The van der Waals surface area contributed by atoms with E-state index >= 15 is 0 Å². The maximum Gasteiger partial charge on any atom is 0.218 e. The Morgan fingerprint density at radius 3 is 2.60 bits per heavy atom. The molecule has 0 radical (unpaired) electrons. The lowest BCUT2D eigenvalue weighted by Gasteiger charge is -2.33. The third kappa shape index (κ3) is 4.15. The maximum atomic E-state index is 11.3. The molecule has 1 aliphatic heterocycles. The third-order valence-corrected chi connectivity index (χ3v) is 3.62. The summed E-state index contributed by atoms with van der Waals surface area (Å²) in [5.41, 5.74) is 5.03. The first-order valence-electron chi connectivity index (χ1n) is 4.85. The molecule has 0 saturated carbocycles. The zero-order valence-electron chi connectivity index (χ0n) is 8.85. The number of amides is 1. The van der Waals surface area contributed by atoms with E-state index in [1.807, 2.05) is 4.90 Å². The van der Waals surface area contributed by atoms with E-state index in [1.165, 1.54) is 10.6 Å². The number of rotatable bonds is 4. The van der Waals surface area contributed by atoms with Crippen molar-refractivity contribution >= 4 is 15.9 Å². The van der Waals surface area contributed by atoms with Crippen LogP contribution in [-0.4, -0.2) is 56.1 Å². The fourth-order valence-electron chi connectivity index (χ4n) is 1.56. The van der Waals surface area contributed by atoms with Crippen molar-refractivity contribution in [2.75, 3.05) is 32.6 Å². The van der Waals surface area contributed by atoms with Gasteiger partial charge < -0.3 is 5.73 Å². The molecular weight excluding hydrogens is 218 g/mol. The average molecular weight is 235 g/mol. The first kappa shape index (κ1) is 12.4. The first-order valence-corrected chi connectivity index (χ1v) is 6.70. The van der Waals surface area contributed by atoms with Crippen LogP contribution in [0.1, 0.15) is 12.8 Å². The molecule has 0 aromatic carbocycles. The van der Waals surface area contributed by atoms with Gasteiger partial charge in [0.2, 0.25) is 15.9 Å². The minimum atomic E-state index is -3.12. The van der Waals surface area contributed by atoms with Crippen molar-refractivity contribution in [3.05, 3.63) is 0 Å². The predicted molar refractivity (Wildman–Crippen MR) is 56.4 cm³/mol. The molecule has 1 fully saturated rings. The molecular formula is C8H17N3O3S. The molecule has 1 heterocycles. The molecule has 6 nitrogen and oxygen atoms in total. The molecule has 0 atom stereocenters. The van der Waals surface area contributed by atoms with Gasteiger partial charge in [-0.3, -0.25) is 9.69 Å². The van der Waals surface area contributed by atoms with Crippen molar-refractivity contribution in [3.8, 4) is 0 Å². The Labute approximate surface area is 90.1 Å². The number of nitrogens with two attached hydrogens (primary N) is 1. The van der Waals surface area contributed by atoms with Crippen molar-refractivity contribution in [1.29, 1.82) is 0 Å². The van der Waals surface area contributed by atoms with Crippen LogP contribution in [0.4, 0.5) is 0 Å². The standard InChI is InChI=1S/C8H17N3O3S/c1-15(13,14)11-5-2-4-10(7-11)6-3-8(9)12/h2-7H2,1H3,(H2,9,12). The van der Waals surface area contributed by atoms with Gasteiger partial charge in [0, 0.05) is 26.1 Å². The molecule has 0 aromatic heterocycles. The predicted octanol–water partition coefficient (Wildman–Crippen LogP) is -1.21. The van der Waals surface area contributed by atoms with Gasteiger partial charge in [-0.2, -0.15) is 4.31 Å². The Morgan fingerprint density at radius 1 is 1.40 bits per heavy atom. The highest BCUT2D eigenvalue weighted by Crippen LogP contribution is 2.09. The maximum absolute atomic E-state index is 11.3.